The van der Waals surface area contributed by atoms with Gasteiger partial charge >= 0.3 is 39.5 Å². The number of phosphoric acid groups is 2. The van der Waals surface area contributed by atoms with Gasteiger partial charge in [0.15, 0.2) is 12.2 Å². The van der Waals surface area contributed by atoms with Gasteiger partial charge in [0.2, 0.25) is 0 Å². The summed E-state index contributed by atoms with van der Waals surface area (Å²) in [5, 5.41) is 10.6. The zero-order valence-electron chi connectivity index (χ0n) is 62.3. The van der Waals surface area contributed by atoms with Crippen molar-refractivity contribution in [1.29, 1.82) is 0 Å². The molecule has 0 rings (SSSR count). The minimum atomic E-state index is -4.96. The second kappa shape index (κ2) is 65.4. The molecule has 5 unspecified atom stereocenters. The number of aliphatic hydroxyl groups is 1. The molecule has 564 valence electrons. The molecular formula is C76H148O17P2. The fraction of sp³-hybridized carbons (Fsp3) is 0.947. The molecule has 0 saturated heterocycles. The molecule has 0 fully saturated rings. The van der Waals surface area contributed by atoms with Crippen LogP contribution >= 0.6 is 15.6 Å². The number of carbonyl (C=O) groups is 4. The maximum Gasteiger partial charge on any atom is 0.472 e. The number of hydrogen-bond donors (Lipinski definition) is 3. The van der Waals surface area contributed by atoms with Crippen LogP contribution in [0.4, 0.5) is 0 Å². The van der Waals surface area contributed by atoms with Crippen LogP contribution in [0.2, 0.25) is 0 Å². The SMILES string of the molecule is CCC(C)CCCCCCCCCCC(=O)OC[C@H](COP(=O)(O)OC[C@@H](O)COP(=O)(O)OC[C@@H](COC(=O)CCCCCCCCC(C)CC)OC(=O)CCCCCCCCCCCCCCCCCCCCC(C)C)OC(=O)CCCCCCCCCCC(C)CC. The molecule has 3 N–H and O–H groups in total. The van der Waals surface area contributed by atoms with Gasteiger partial charge in [-0.25, -0.2) is 9.13 Å². The average Bonchev–Trinajstić information content (AvgIpc) is 1.48. The highest BCUT2D eigenvalue weighted by Crippen LogP contribution is 2.45. The quantitative estimate of drug-likeness (QED) is 0.0222. The number of carbonyl (C=O) groups excluding carboxylic acids is 4. The van der Waals surface area contributed by atoms with Gasteiger partial charge < -0.3 is 33.8 Å². The molecule has 0 aromatic carbocycles. The van der Waals surface area contributed by atoms with Gasteiger partial charge in [0, 0.05) is 25.7 Å². The summed E-state index contributed by atoms with van der Waals surface area (Å²) in [4.78, 5) is 72.8. The molecule has 95 heavy (non-hydrogen) atoms. The van der Waals surface area contributed by atoms with Gasteiger partial charge in [0.1, 0.15) is 19.3 Å². The summed E-state index contributed by atoms with van der Waals surface area (Å²) in [5.74, 6) is 0.974. The minimum Gasteiger partial charge on any atom is -0.462 e. The van der Waals surface area contributed by atoms with E-state index in [1.54, 1.807) is 0 Å². The monoisotopic (exact) mass is 1400 g/mol. The number of ether oxygens (including phenoxy) is 4. The van der Waals surface area contributed by atoms with Crippen LogP contribution in [0.3, 0.4) is 0 Å². The second-order valence-corrected chi connectivity index (χ2v) is 31.5. The normalized spacial score (nSPS) is 15.0. The standard InChI is InChI=1S/C76H148O17P2/c1-9-67(6)53-45-37-29-24-26-31-40-48-56-73(78)86-62-71(93-76(81)59-51-43-33-27-25-30-38-46-54-68(7)10-2)64-90-94(82,83)88-60-70(77)61-89-95(84,85)91-65-72(63-87-74(79)57-49-41-35-34-39-47-55-69(8)11-3)92-75(80)58-50-42-32-23-21-19-17-15-13-12-14-16-18-20-22-28-36-44-52-66(4)5/h66-72,77H,9-65H2,1-8H3,(H,82,83)(H,84,85)/t67?,68?,69?,70-,71-,72-/m1/s1. The molecule has 0 aromatic heterocycles. The minimum absolute atomic E-state index is 0.104. The van der Waals surface area contributed by atoms with Crippen LogP contribution in [0, 0.1) is 23.7 Å². The zero-order chi connectivity index (χ0) is 70.3. The zero-order valence-corrected chi connectivity index (χ0v) is 64.1. The second-order valence-electron chi connectivity index (χ2n) is 28.6. The molecule has 0 aromatic rings. The molecule has 0 spiro atoms. The van der Waals surface area contributed by atoms with Gasteiger partial charge in [-0.2, -0.15) is 0 Å². The molecular weight excluding hydrogens is 1250 g/mol. The highest BCUT2D eigenvalue weighted by molar-refractivity contribution is 7.47. The predicted molar refractivity (Wildman–Crippen MR) is 386 cm³/mol. The third kappa shape index (κ3) is 66.4. The molecule has 0 aliphatic rings. The number of esters is 4. The predicted octanol–water partition coefficient (Wildman–Crippen LogP) is 22.0. The number of phosphoric ester groups is 2. The van der Waals surface area contributed by atoms with Gasteiger partial charge in [-0.1, -0.05) is 331 Å². The van der Waals surface area contributed by atoms with Crippen molar-refractivity contribution in [2.75, 3.05) is 39.6 Å². The molecule has 19 heteroatoms. The van der Waals surface area contributed by atoms with Gasteiger partial charge in [0.05, 0.1) is 26.4 Å². The fourth-order valence-corrected chi connectivity index (χ4v) is 13.0. The van der Waals surface area contributed by atoms with Gasteiger partial charge in [-0.15, -0.1) is 0 Å². The molecule has 0 saturated carbocycles. The van der Waals surface area contributed by atoms with E-state index in [2.05, 4.69) is 55.4 Å². The van der Waals surface area contributed by atoms with E-state index in [9.17, 15) is 43.2 Å². The molecule has 17 nitrogen and oxygen atoms in total. The van der Waals surface area contributed by atoms with E-state index in [4.69, 9.17) is 37.0 Å². The molecule has 0 amide bonds. The lowest BCUT2D eigenvalue weighted by Gasteiger charge is -2.21. The third-order valence-electron chi connectivity index (χ3n) is 18.7. The Bertz CT molecular complexity index is 1870. The van der Waals surface area contributed by atoms with Crippen molar-refractivity contribution >= 4 is 39.5 Å². The van der Waals surface area contributed by atoms with Crippen LogP contribution in [-0.4, -0.2) is 96.7 Å². The molecule has 8 atom stereocenters. The Morgan fingerprint density at radius 1 is 0.295 bits per heavy atom. The molecule has 0 bridgehead atoms. The lowest BCUT2D eigenvalue weighted by atomic mass is 9.99. The van der Waals surface area contributed by atoms with E-state index < -0.39 is 97.5 Å². The highest BCUT2D eigenvalue weighted by atomic mass is 31.2. The maximum absolute atomic E-state index is 13.1. The number of unbranched alkanes of at least 4 members (excludes halogenated alkanes) is 36. The van der Waals surface area contributed by atoms with Crippen molar-refractivity contribution in [1.82, 2.24) is 0 Å². The van der Waals surface area contributed by atoms with Crippen LogP contribution in [0.5, 0.6) is 0 Å². The third-order valence-corrected chi connectivity index (χ3v) is 20.6. The van der Waals surface area contributed by atoms with E-state index >= 15 is 0 Å². The largest absolute Gasteiger partial charge is 0.472 e. The first-order valence-corrected chi connectivity index (χ1v) is 42.3. The van der Waals surface area contributed by atoms with Gasteiger partial charge in [0.25, 0.3) is 0 Å². The van der Waals surface area contributed by atoms with Crippen molar-refractivity contribution in [2.24, 2.45) is 23.7 Å². The molecule has 0 aliphatic heterocycles. The number of hydrogen-bond acceptors (Lipinski definition) is 15. The van der Waals surface area contributed by atoms with Gasteiger partial charge in [-0.05, 0) is 49.4 Å². The van der Waals surface area contributed by atoms with Crippen molar-refractivity contribution in [3.8, 4) is 0 Å². The first-order chi connectivity index (χ1) is 45.7. The van der Waals surface area contributed by atoms with Crippen molar-refractivity contribution in [3.05, 3.63) is 0 Å². The number of rotatable bonds is 73. The van der Waals surface area contributed by atoms with E-state index in [0.29, 0.717) is 25.7 Å². The molecule has 0 heterocycles. The van der Waals surface area contributed by atoms with Crippen molar-refractivity contribution < 1.29 is 80.2 Å². The van der Waals surface area contributed by atoms with Gasteiger partial charge in [-0.3, -0.25) is 37.3 Å². The Morgan fingerprint density at radius 3 is 0.747 bits per heavy atom. The topological polar surface area (TPSA) is 237 Å². The van der Waals surface area contributed by atoms with Crippen LogP contribution in [0.1, 0.15) is 383 Å². The average molecular weight is 1400 g/mol. The van der Waals surface area contributed by atoms with E-state index in [0.717, 1.165) is 120 Å². The van der Waals surface area contributed by atoms with E-state index in [1.165, 1.54) is 180 Å². The summed E-state index contributed by atoms with van der Waals surface area (Å²) < 4.78 is 68.5. The summed E-state index contributed by atoms with van der Waals surface area (Å²) in [6, 6.07) is 0. The summed E-state index contributed by atoms with van der Waals surface area (Å²) in [5.41, 5.74) is 0. The van der Waals surface area contributed by atoms with Crippen molar-refractivity contribution in [2.45, 2.75) is 401 Å². The van der Waals surface area contributed by atoms with Crippen LogP contribution in [0.15, 0.2) is 0 Å². The fourth-order valence-electron chi connectivity index (χ4n) is 11.5. The first kappa shape index (κ1) is 93.1. The Balaban J connectivity index is 5.20. The van der Waals surface area contributed by atoms with E-state index in [1.807, 2.05) is 0 Å². The van der Waals surface area contributed by atoms with Crippen LogP contribution < -0.4 is 0 Å². The summed E-state index contributed by atoms with van der Waals surface area (Å²) in [6.07, 6.45) is 50.0. The molecule has 0 radical (unpaired) electrons. The first-order valence-electron chi connectivity index (χ1n) is 39.3. The molecule has 0 aliphatic carbocycles. The Morgan fingerprint density at radius 2 is 0.505 bits per heavy atom. The lowest BCUT2D eigenvalue weighted by Crippen LogP contribution is -2.30. The maximum atomic E-state index is 13.1. The Kier molecular flexibility index (Phi) is 64.0. The van der Waals surface area contributed by atoms with Crippen LogP contribution in [0.25, 0.3) is 0 Å². The summed E-state index contributed by atoms with van der Waals surface area (Å²) in [6.45, 7) is 14.2. The van der Waals surface area contributed by atoms with Crippen molar-refractivity contribution in [3.63, 3.8) is 0 Å². The van der Waals surface area contributed by atoms with Crippen LogP contribution in [-0.2, 0) is 65.4 Å². The Hall–Kier alpha value is -1.94. The number of aliphatic hydroxyl groups excluding tert-OH is 1. The summed E-state index contributed by atoms with van der Waals surface area (Å²) in [7, 11) is -9.91. The lowest BCUT2D eigenvalue weighted by molar-refractivity contribution is -0.161. The Labute approximate surface area is 581 Å². The highest BCUT2D eigenvalue weighted by Gasteiger charge is 2.30. The van der Waals surface area contributed by atoms with E-state index in [-0.39, 0.29) is 25.7 Å². The smallest absolute Gasteiger partial charge is 0.462 e. The summed E-state index contributed by atoms with van der Waals surface area (Å²) >= 11 is 0.